The number of likely N-dealkylation sites (tertiary alicyclic amines) is 1. The topological polar surface area (TPSA) is 51.7 Å². The summed E-state index contributed by atoms with van der Waals surface area (Å²) >= 11 is 1.68. The van der Waals surface area contributed by atoms with Gasteiger partial charge in [-0.15, -0.1) is 11.3 Å². The van der Waals surface area contributed by atoms with Crippen molar-refractivity contribution in [3.63, 3.8) is 0 Å². The lowest BCUT2D eigenvalue weighted by Crippen LogP contribution is -3.00. The van der Waals surface area contributed by atoms with Crippen molar-refractivity contribution < 1.29 is 35.7 Å². The van der Waals surface area contributed by atoms with E-state index in [0.29, 0.717) is 12.5 Å². The first kappa shape index (κ1) is 28.5. The number of thiophene rings is 1. The van der Waals surface area contributed by atoms with Crippen LogP contribution in [-0.2, 0) is 15.1 Å². The van der Waals surface area contributed by atoms with Crippen molar-refractivity contribution in [2.75, 3.05) is 45.9 Å². The van der Waals surface area contributed by atoms with Crippen molar-refractivity contribution in [2.45, 2.75) is 70.9 Å². The lowest BCUT2D eigenvalue weighted by molar-refractivity contribution is -0.946. The number of ether oxygens (including phenoxy) is 2. The van der Waals surface area contributed by atoms with E-state index in [4.69, 9.17) is 9.47 Å². The summed E-state index contributed by atoms with van der Waals surface area (Å²) in [6.07, 6.45) is 6.90. The molecule has 4 saturated heterocycles. The smallest absolute Gasteiger partial charge is 0.332 e. The lowest BCUT2D eigenvalue weighted by atomic mass is 9.82. The van der Waals surface area contributed by atoms with E-state index in [1.54, 1.807) is 11.3 Å². The Kier molecular flexibility index (Phi) is 9.36. The molecule has 0 N–H and O–H groups in total. The number of aromatic nitrogens is 1. The number of pyridine rings is 1. The minimum atomic E-state index is -0.680. The van der Waals surface area contributed by atoms with Crippen molar-refractivity contribution >= 4 is 17.3 Å². The van der Waals surface area contributed by atoms with Crippen LogP contribution in [0.25, 0.3) is 0 Å². The number of quaternary nitrogens is 1. The van der Waals surface area contributed by atoms with Crippen LogP contribution in [0.4, 0.5) is 0 Å². The average Bonchev–Trinajstić information content (AvgIpc) is 3.42. The predicted molar refractivity (Wildman–Crippen MR) is 143 cm³/mol. The maximum Gasteiger partial charge on any atom is 0.332 e. The summed E-state index contributed by atoms with van der Waals surface area (Å²) < 4.78 is 13.6. The maximum atomic E-state index is 13.9. The third kappa shape index (κ3) is 6.23. The number of hydrogen-bond acceptors (Lipinski definition) is 6. The van der Waals surface area contributed by atoms with Gasteiger partial charge < -0.3 is 30.9 Å². The molecule has 37 heavy (non-hydrogen) atoms. The normalized spacial score (nSPS) is 27.2. The van der Waals surface area contributed by atoms with Crippen LogP contribution in [0.1, 0.15) is 61.7 Å². The first-order valence-corrected chi connectivity index (χ1v) is 14.7. The van der Waals surface area contributed by atoms with Crippen LogP contribution in [0.3, 0.4) is 0 Å². The zero-order chi connectivity index (χ0) is 25.2. The molecule has 2 bridgehead atoms. The van der Waals surface area contributed by atoms with Gasteiger partial charge in [0.1, 0.15) is 12.3 Å². The summed E-state index contributed by atoms with van der Waals surface area (Å²) in [6, 6.07) is 8.18. The quantitative estimate of drug-likeness (QED) is 0.254. The third-order valence-corrected chi connectivity index (χ3v) is 9.87. The number of halogens is 1. The molecule has 204 valence electrons. The summed E-state index contributed by atoms with van der Waals surface area (Å²) in [5.74, 6) is 1.37. The van der Waals surface area contributed by atoms with E-state index in [1.165, 1.54) is 19.5 Å². The second-order valence-corrected chi connectivity index (χ2v) is 12.3. The van der Waals surface area contributed by atoms with Gasteiger partial charge in [-0.1, -0.05) is 12.5 Å². The molecule has 0 spiro atoms. The molecule has 4 aliphatic heterocycles. The Balaban J connectivity index is 0.00000320. The molecule has 6 nitrogen and oxygen atoms in total. The fourth-order valence-corrected chi connectivity index (χ4v) is 7.58. The minimum Gasteiger partial charge on any atom is -1.00 e. The second kappa shape index (κ2) is 12.1. The van der Waals surface area contributed by atoms with Crippen LogP contribution in [0.5, 0.6) is 5.75 Å². The summed E-state index contributed by atoms with van der Waals surface area (Å²) in [6.45, 7) is 13.2. The number of piperidine rings is 4. The SMILES string of the molecule is Cc1cc(OCCC[N+]23CCC(CC2)[C@@H](OC(=O)C(C)(c2cccs2)N2CCCCC2)C3)cc(C)n1.[Br-]. The Morgan fingerprint density at radius 2 is 1.86 bits per heavy atom. The molecule has 0 aliphatic carbocycles. The van der Waals surface area contributed by atoms with Crippen molar-refractivity contribution in [2.24, 2.45) is 5.92 Å². The number of carbonyl (C=O) groups is 1. The number of fused-ring (bicyclic) bond motifs is 3. The Hall–Kier alpha value is -1.48. The van der Waals surface area contributed by atoms with Crippen molar-refractivity contribution in [1.29, 1.82) is 0 Å². The first-order valence-electron chi connectivity index (χ1n) is 13.8. The molecule has 2 aromatic rings. The minimum absolute atomic E-state index is 0. The highest BCUT2D eigenvalue weighted by Gasteiger charge is 2.50. The van der Waals surface area contributed by atoms with Crippen LogP contribution in [0.15, 0.2) is 29.6 Å². The van der Waals surface area contributed by atoms with E-state index < -0.39 is 5.54 Å². The summed E-state index contributed by atoms with van der Waals surface area (Å²) in [5.41, 5.74) is 1.31. The Labute approximate surface area is 236 Å². The average molecular weight is 593 g/mol. The van der Waals surface area contributed by atoms with Crippen molar-refractivity contribution in [3.8, 4) is 5.75 Å². The Morgan fingerprint density at radius 1 is 1.16 bits per heavy atom. The van der Waals surface area contributed by atoms with Gasteiger partial charge in [0, 0.05) is 53.6 Å². The van der Waals surface area contributed by atoms with Gasteiger partial charge >= 0.3 is 5.97 Å². The van der Waals surface area contributed by atoms with Gasteiger partial charge in [-0.3, -0.25) is 9.88 Å². The molecule has 6 heterocycles. The Morgan fingerprint density at radius 3 is 2.51 bits per heavy atom. The van der Waals surface area contributed by atoms with Crippen LogP contribution >= 0.6 is 11.3 Å². The Bertz CT molecular complexity index is 1010. The van der Waals surface area contributed by atoms with Gasteiger partial charge in [-0.25, -0.2) is 4.79 Å². The predicted octanol–water partition coefficient (Wildman–Crippen LogP) is 2.09. The molecule has 1 unspecified atom stereocenters. The van der Waals surface area contributed by atoms with Gasteiger partial charge in [0.25, 0.3) is 0 Å². The van der Waals surface area contributed by atoms with Crippen LogP contribution in [0, 0.1) is 19.8 Å². The number of aryl methyl sites for hydroxylation is 2. The first-order chi connectivity index (χ1) is 17.4. The summed E-state index contributed by atoms with van der Waals surface area (Å²) in [5, 5.41) is 2.08. The molecule has 6 rings (SSSR count). The van der Waals surface area contributed by atoms with Gasteiger partial charge in [0.05, 0.1) is 26.2 Å². The van der Waals surface area contributed by atoms with Crippen LogP contribution in [-0.4, -0.2) is 72.3 Å². The lowest BCUT2D eigenvalue weighted by Gasteiger charge is -2.52. The fraction of sp³-hybridized carbons (Fsp3) is 0.655. The number of rotatable bonds is 9. The highest BCUT2D eigenvalue weighted by atomic mass is 79.9. The molecule has 0 aromatic carbocycles. The standard InChI is InChI=1S/C29H42N3O3S.BrH/c1-22-19-25(20-23(2)30-22)34-17-8-14-32-15-10-24(11-16-32)26(21-32)35-28(33)29(3,27-9-7-18-36-27)31-12-5-4-6-13-31;/h7,9,18-20,24,26H,4-6,8,10-17,21H2,1-3H3;1H/q+1;/p-1/t24?,26-,29?,32?;/m0./s1. The molecular formula is C29H42BrN3O3S. The van der Waals surface area contributed by atoms with E-state index in [-0.39, 0.29) is 29.1 Å². The molecule has 4 aliphatic rings. The summed E-state index contributed by atoms with van der Waals surface area (Å²) in [7, 11) is 0. The number of nitrogens with zero attached hydrogens (tertiary/aromatic N) is 3. The maximum absolute atomic E-state index is 13.9. The molecule has 2 atom stereocenters. The van der Waals surface area contributed by atoms with E-state index in [2.05, 4.69) is 34.3 Å². The second-order valence-electron chi connectivity index (χ2n) is 11.4. The fourth-order valence-electron chi connectivity index (χ4n) is 6.67. The zero-order valence-electron chi connectivity index (χ0n) is 22.6. The van der Waals surface area contributed by atoms with E-state index in [1.807, 2.05) is 26.0 Å². The van der Waals surface area contributed by atoms with E-state index in [9.17, 15) is 4.79 Å². The molecule has 2 aromatic heterocycles. The van der Waals surface area contributed by atoms with Gasteiger partial charge in [-0.05, 0) is 58.1 Å². The molecule has 0 radical (unpaired) electrons. The van der Waals surface area contributed by atoms with Gasteiger partial charge in [0.15, 0.2) is 11.6 Å². The van der Waals surface area contributed by atoms with E-state index in [0.717, 1.165) is 84.8 Å². The third-order valence-electron chi connectivity index (χ3n) is 8.79. The van der Waals surface area contributed by atoms with E-state index >= 15 is 0 Å². The van der Waals surface area contributed by atoms with Crippen molar-refractivity contribution in [3.05, 3.63) is 45.9 Å². The zero-order valence-corrected chi connectivity index (χ0v) is 25.0. The van der Waals surface area contributed by atoms with Crippen molar-refractivity contribution in [1.82, 2.24) is 9.88 Å². The van der Waals surface area contributed by atoms with Gasteiger partial charge in [0.2, 0.25) is 0 Å². The monoisotopic (exact) mass is 591 g/mol. The van der Waals surface area contributed by atoms with Crippen LogP contribution in [0.2, 0.25) is 0 Å². The van der Waals surface area contributed by atoms with Crippen LogP contribution < -0.4 is 21.7 Å². The number of hydrogen-bond donors (Lipinski definition) is 0. The number of carbonyl (C=O) groups excluding carboxylic acids is 1. The molecule has 8 heteroatoms. The highest BCUT2D eigenvalue weighted by Crippen LogP contribution is 2.40. The molecule has 0 amide bonds. The molecule has 0 saturated carbocycles. The highest BCUT2D eigenvalue weighted by molar-refractivity contribution is 7.10. The number of esters is 1. The van der Waals surface area contributed by atoms with Gasteiger partial charge in [-0.2, -0.15) is 0 Å². The largest absolute Gasteiger partial charge is 1.00 e. The summed E-state index contributed by atoms with van der Waals surface area (Å²) in [4.78, 5) is 21.8. The molecule has 4 fully saturated rings. The molecular weight excluding hydrogens is 550 g/mol.